The van der Waals surface area contributed by atoms with Gasteiger partial charge in [0, 0.05) is 18.9 Å². The second kappa shape index (κ2) is 6.96. The van der Waals surface area contributed by atoms with Gasteiger partial charge in [-0.25, -0.2) is 0 Å². The highest BCUT2D eigenvalue weighted by Gasteiger charge is 2.28. The molecule has 134 valence electrons. The van der Waals surface area contributed by atoms with Crippen LogP contribution in [0.15, 0.2) is 36.7 Å². The predicted molar refractivity (Wildman–Crippen MR) is 95.3 cm³/mol. The number of hydrogen-bond acceptors (Lipinski definition) is 5. The van der Waals surface area contributed by atoms with Crippen LogP contribution in [0, 0.1) is 17.0 Å². The van der Waals surface area contributed by atoms with E-state index in [-0.39, 0.29) is 11.4 Å². The third kappa shape index (κ3) is 3.57. The second-order valence-electron chi connectivity index (χ2n) is 5.67. The summed E-state index contributed by atoms with van der Waals surface area (Å²) in [5.74, 6) is -0.639. The maximum absolute atomic E-state index is 12.5. The summed E-state index contributed by atoms with van der Waals surface area (Å²) in [5, 5.41) is 22.5. The van der Waals surface area contributed by atoms with Crippen molar-refractivity contribution in [3.63, 3.8) is 0 Å². The van der Waals surface area contributed by atoms with Crippen molar-refractivity contribution in [2.45, 2.75) is 13.5 Å². The summed E-state index contributed by atoms with van der Waals surface area (Å²) < 4.78 is 2.97. The Labute approximate surface area is 153 Å². The van der Waals surface area contributed by atoms with Crippen LogP contribution in [0.3, 0.4) is 0 Å². The number of anilines is 1. The maximum atomic E-state index is 12.5. The van der Waals surface area contributed by atoms with Crippen molar-refractivity contribution < 1.29 is 9.72 Å². The Morgan fingerprint density at radius 2 is 2.19 bits per heavy atom. The third-order valence-corrected chi connectivity index (χ3v) is 4.03. The van der Waals surface area contributed by atoms with E-state index in [0.29, 0.717) is 22.9 Å². The molecule has 0 unspecified atom stereocenters. The van der Waals surface area contributed by atoms with Crippen LogP contribution in [-0.2, 0) is 13.6 Å². The van der Waals surface area contributed by atoms with Crippen molar-refractivity contribution in [3.05, 3.63) is 68.7 Å². The van der Waals surface area contributed by atoms with Gasteiger partial charge in [-0.3, -0.25) is 24.3 Å². The lowest BCUT2D eigenvalue weighted by atomic mass is 10.2. The molecule has 3 rings (SSSR count). The molecule has 9 nitrogen and oxygen atoms in total. The average Bonchev–Trinajstić information content (AvgIpc) is 3.11. The first kappa shape index (κ1) is 17.6. The summed E-state index contributed by atoms with van der Waals surface area (Å²) >= 11 is 5.85. The number of aromatic nitrogens is 4. The number of benzene rings is 1. The fourth-order valence-electron chi connectivity index (χ4n) is 2.52. The van der Waals surface area contributed by atoms with Gasteiger partial charge in [0.15, 0.2) is 0 Å². The number of aryl methyl sites for hydroxylation is 1. The van der Waals surface area contributed by atoms with Gasteiger partial charge >= 0.3 is 5.69 Å². The zero-order valence-corrected chi connectivity index (χ0v) is 14.8. The smallest absolute Gasteiger partial charge is 0.320 e. The Hall–Kier alpha value is -3.20. The number of carbonyl (C=O) groups is 1. The molecule has 0 aliphatic heterocycles. The average molecular weight is 375 g/mol. The number of hydrogen-bond donors (Lipinski definition) is 1. The minimum atomic E-state index is -0.639. The molecule has 0 aliphatic carbocycles. The van der Waals surface area contributed by atoms with E-state index in [1.54, 1.807) is 36.1 Å². The van der Waals surface area contributed by atoms with E-state index in [9.17, 15) is 14.9 Å². The summed E-state index contributed by atoms with van der Waals surface area (Å²) in [7, 11) is 1.55. The van der Waals surface area contributed by atoms with Crippen LogP contribution < -0.4 is 5.32 Å². The van der Waals surface area contributed by atoms with E-state index < -0.39 is 10.8 Å². The summed E-state index contributed by atoms with van der Waals surface area (Å²) in [6, 6.07) is 7.10. The zero-order valence-electron chi connectivity index (χ0n) is 14.0. The van der Waals surface area contributed by atoms with Crippen LogP contribution >= 0.6 is 11.6 Å². The molecule has 0 radical (unpaired) electrons. The number of rotatable bonds is 5. The van der Waals surface area contributed by atoms with Crippen LogP contribution in [0.25, 0.3) is 0 Å². The van der Waals surface area contributed by atoms with Gasteiger partial charge in [-0.1, -0.05) is 23.7 Å². The lowest BCUT2D eigenvalue weighted by molar-refractivity contribution is -0.385. The normalized spacial score (nSPS) is 10.7. The van der Waals surface area contributed by atoms with E-state index in [1.807, 2.05) is 6.07 Å². The Morgan fingerprint density at radius 1 is 1.42 bits per heavy atom. The minimum Gasteiger partial charge on any atom is -0.320 e. The van der Waals surface area contributed by atoms with Gasteiger partial charge in [0.1, 0.15) is 5.69 Å². The molecule has 0 spiro atoms. The lowest BCUT2D eigenvalue weighted by Crippen LogP contribution is -2.15. The highest BCUT2D eigenvalue weighted by molar-refractivity contribution is 6.30. The van der Waals surface area contributed by atoms with Crippen molar-refractivity contribution in [1.29, 1.82) is 0 Å². The molecule has 1 amide bonds. The fourth-order valence-corrected chi connectivity index (χ4v) is 2.67. The standard InChI is InChI=1S/C16H15ClN6O3/c1-10-15(23(25)26)14(20-21(10)2)16(24)19-13-5-3-4-11(6-13)8-22-9-12(17)7-18-22/h3-7,9H,8H2,1-2H3,(H,19,24). The van der Waals surface area contributed by atoms with Crippen LogP contribution in [0.2, 0.25) is 5.02 Å². The molecule has 2 heterocycles. The van der Waals surface area contributed by atoms with E-state index in [2.05, 4.69) is 15.5 Å². The highest BCUT2D eigenvalue weighted by Crippen LogP contribution is 2.23. The molecule has 0 aliphatic rings. The van der Waals surface area contributed by atoms with Gasteiger partial charge in [0.2, 0.25) is 5.69 Å². The summed E-state index contributed by atoms with van der Waals surface area (Å²) in [6.07, 6.45) is 3.22. The summed E-state index contributed by atoms with van der Waals surface area (Å²) in [4.78, 5) is 23.1. The molecular weight excluding hydrogens is 360 g/mol. The molecule has 3 aromatic rings. The molecule has 0 fully saturated rings. The Balaban J connectivity index is 1.81. The van der Waals surface area contributed by atoms with Crippen molar-refractivity contribution in [3.8, 4) is 0 Å². The van der Waals surface area contributed by atoms with E-state index in [1.165, 1.54) is 17.8 Å². The fraction of sp³-hybridized carbons (Fsp3) is 0.188. The van der Waals surface area contributed by atoms with Crippen LogP contribution in [0.1, 0.15) is 21.7 Å². The Morgan fingerprint density at radius 3 is 2.85 bits per heavy atom. The zero-order chi connectivity index (χ0) is 18.8. The predicted octanol–water partition coefficient (Wildman–Crippen LogP) is 2.79. The summed E-state index contributed by atoms with van der Waals surface area (Å²) in [5.41, 5.74) is 1.17. The number of halogens is 1. The SMILES string of the molecule is Cc1c([N+](=O)[O-])c(C(=O)Nc2cccc(Cn3cc(Cl)cn3)c2)nn1C. The number of nitro groups is 1. The number of nitrogens with zero attached hydrogens (tertiary/aromatic N) is 5. The monoisotopic (exact) mass is 374 g/mol. The minimum absolute atomic E-state index is 0.223. The Bertz CT molecular complexity index is 994. The highest BCUT2D eigenvalue weighted by atomic mass is 35.5. The molecule has 0 saturated carbocycles. The first-order valence-electron chi connectivity index (χ1n) is 7.61. The quantitative estimate of drug-likeness (QED) is 0.545. The number of nitrogens with one attached hydrogen (secondary N) is 1. The maximum Gasteiger partial charge on any atom is 0.322 e. The van der Waals surface area contributed by atoms with Gasteiger partial charge in [0.25, 0.3) is 5.91 Å². The molecule has 1 N–H and O–H groups in total. The lowest BCUT2D eigenvalue weighted by Gasteiger charge is -2.07. The Kier molecular flexibility index (Phi) is 4.72. The molecule has 0 bridgehead atoms. The number of amides is 1. The summed E-state index contributed by atoms with van der Waals surface area (Å²) in [6.45, 7) is 2.01. The van der Waals surface area contributed by atoms with Gasteiger partial charge < -0.3 is 5.32 Å². The van der Waals surface area contributed by atoms with Crippen LogP contribution in [-0.4, -0.2) is 30.4 Å². The topological polar surface area (TPSA) is 108 Å². The van der Waals surface area contributed by atoms with Gasteiger partial charge in [0.05, 0.1) is 22.7 Å². The first-order valence-corrected chi connectivity index (χ1v) is 7.99. The molecule has 10 heteroatoms. The van der Waals surface area contributed by atoms with Crippen LogP contribution in [0.4, 0.5) is 11.4 Å². The molecule has 1 aromatic carbocycles. The van der Waals surface area contributed by atoms with Crippen molar-refractivity contribution >= 4 is 28.9 Å². The van der Waals surface area contributed by atoms with Crippen molar-refractivity contribution in [2.75, 3.05) is 5.32 Å². The van der Waals surface area contributed by atoms with E-state index >= 15 is 0 Å². The number of carbonyl (C=O) groups excluding carboxylic acids is 1. The van der Waals surface area contributed by atoms with Gasteiger partial charge in [-0.2, -0.15) is 10.2 Å². The van der Waals surface area contributed by atoms with E-state index in [0.717, 1.165) is 5.56 Å². The van der Waals surface area contributed by atoms with E-state index in [4.69, 9.17) is 11.6 Å². The van der Waals surface area contributed by atoms with Gasteiger partial charge in [-0.05, 0) is 24.6 Å². The third-order valence-electron chi connectivity index (χ3n) is 3.83. The van der Waals surface area contributed by atoms with Crippen LogP contribution in [0.5, 0.6) is 0 Å². The second-order valence-corrected chi connectivity index (χ2v) is 6.11. The molecule has 26 heavy (non-hydrogen) atoms. The first-order chi connectivity index (χ1) is 12.3. The largest absolute Gasteiger partial charge is 0.322 e. The molecule has 2 aromatic heterocycles. The molecular formula is C16H15ClN6O3. The van der Waals surface area contributed by atoms with Crippen molar-refractivity contribution in [2.24, 2.45) is 7.05 Å². The van der Waals surface area contributed by atoms with Crippen molar-refractivity contribution in [1.82, 2.24) is 19.6 Å². The molecule has 0 saturated heterocycles. The molecule has 0 atom stereocenters. The van der Waals surface area contributed by atoms with Gasteiger partial charge in [-0.15, -0.1) is 0 Å².